The van der Waals surface area contributed by atoms with Crippen molar-refractivity contribution in [1.82, 2.24) is 4.72 Å². The Labute approximate surface area is 153 Å². The predicted octanol–water partition coefficient (Wildman–Crippen LogP) is 1.77. The SMILES string of the molecule is COc1ccc(S(=O)(=O)N[C@H](CS(C)(=O)=O)c2ccccc2)cc1OC. The van der Waals surface area contributed by atoms with E-state index >= 15 is 0 Å². The molecule has 9 heteroatoms. The largest absolute Gasteiger partial charge is 0.493 e. The molecular weight excluding hydrogens is 378 g/mol. The third kappa shape index (κ3) is 5.20. The fraction of sp³-hybridized carbons (Fsp3) is 0.294. The summed E-state index contributed by atoms with van der Waals surface area (Å²) in [5.41, 5.74) is 0.557. The zero-order valence-corrected chi connectivity index (χ0v) is 16.3. The first-order valence-corrected chi connectivity index (χ1v) is 11.2. The molecule has 0 spiro atoms. The van der Waals surface area contributed by atoms with Gasteiger partial charge in [-0.1, -0.05) is 30.3 Å². The molecule has 0 saturated carbocycles. The third-order valence-electron chi connectivity index (χ3n) is 3.63. The van der Waals surface area contributed by atoms with E-state index in [0.29, 0.717) is 11.3 Å². The van der Waals surface area contributed by atoms with Crippen molar-refractivity contribution in [3.63, 3.8) is 0 Å². The monoisotopic (exact) mass is 399 g/mol. The zero-order valence-electron chi connectivity index (χ0n) is 14.7. The van der Waals surface area contributed by atoms with Gasteiger partial charge in [-0.15, -0.1) is 0 Å². The number of nitrogens with one attached hydrogen (secondary N) is 1. The third-order valence-corrected chi connectivity index (χ3v) is 6.04. The highest BCUT2D eigenvalue weighted by atomic mass is 32.2. The van der Waals surface area contributed by atoms with Gasteiger partial charge in [-0.05, 0) is 17.7 Å². The average molecular weight is 399 g/mol. The van der Waals surface area contributed by atoms with Gasteiger partial charge in [0.25, 0.3) is 0 Å². The van der Waals surface area contributed by atoms with Crippen LogP contribution in [0.15, 0.2) is 53.4 Å². The van der Waals surface area contributed by atoms with Gasteiger partial charge in [-0.2, -0.15) is 0 Å². The Bertz CT molecular complexity index is 956. The van der Waals surface area contributed by atoms with E-state index in [-0.39, 0.29) is 16.4 Å². The quantitative estimate of drug-likeness (QED) is 0.726. The van der Waals surface area contributed by atoms with Gasteiger partial charge in [0.05, 0.1) is 30.9 Å². The van der Waals surface area contributed by atoms with Gasteiger partial charge in [0, 0.05) is 12.3 Å². The summed E-state index contributed by atoms with van der Waals surface area (Å²) in [5, 5.41) is 0. The van der Waals surface area contributed by atoms with Crippen LogP contribution in [0.25, 0.3) is 0 Å². The molecule has 0 aliphatic heterocycles. The summed E-state index contributed by atoms with van der Waals surface area (Å²) in [4.78, 5) is -0.0513. The van der Waals surface area contributed by atoms with Crippen LogP contribution in [-0.4, -0.2) is 43.1 Å². The van der Waals surface area contributed by atoms with Crippen LogP contribution in [0.2, 0.25) is 0 Å². The van der Waals surface area contributed by atoms with Gasteiger partial charge < -0.3 is 9.47 Å². The van der Waals surface area contributed by atoms with E-state index in [4.69, 9.17) is 9.47 Å². The summed E-state index contributed by atoms with van der Waals surface area (Å²) in [7, 11) is -4.56. The predicted molar refractivity (Wildman–Crippen MR) is 98.8 cm³/mol. The number of sulfone groups is 1. The Morgan fingerprint density at radius 2 is 1.54 bits per heavy atom. The van der Waals surface area contributed by atoms with Crippen molar-refractivity contribution in [3.8, 4) is 11.5 Å². The first kappa shape index (κ1) is 20.2. The molecule has 142 valence electrons. The Balaban J connectivity index is 2.40. The van der Waals surface area contributed by atoms with E-state index in [2.05, 4.69) is 4.72 Å². The van der Waals surface area contributed by atoms with Crippen LogP contribution in [0.4, 0.5) is 0 Å². The van der Waals surface area contributed by atoms with Gasteiger partial charge in [0.15, 0.2) is 11.5 Å². The summed E-state index contributed by atoms with van der Waals surface area (Å²) < 4.78 is 61.7. The number of ether oxygens (including phenoxy) is 2. The lowest BCUT2D eigenvalue weighted by Crippen LogP contribution is -2.33. The molecule has 1 atom stereocenters. The smallest absolute Gasteiger partial charge is 0.241 e. The number of benzene rings is 2. The maximum Gasteiger partial charge on any atom is 0.241 e. The first-order valence-electron chi connectivity index (χ1n) is 7.63. The van der Waals surface area contributed by atoms with E-state index in [1.165, 1.54) is 32.4 Å². The van der Waals surface area contributed by atoms with E-state index in [1.807, 2.05) is 0 Å². The van der Waals surface area contributed by atoms with E-state index < -0.39 is 25.9 Å². The minimum absolute atomic E-state index is 0.0513. The highest BCUT2D eigenvalue weighted by Gasteiger charge is 2.25. The Kier molecular flexibility index (Phi) is 6.27. The van der Waals surface area contributed by atoms with Crippen molar-refractivity contribution in [3.05, 3.63) is 54.1 Å². The summed E-state index contributed by atoms with van der Waals surface area (Å²) in [6.07, 6.45) is 1.06. The number of hydrogen-bond acceptors (Lipinski definition) is 6. The van der Waals surface area contributed by atoms with E-state index in [9.17, 15) is 16.8 Å². The van der Waals surface area contributed by atoms with Crippen LogP contribution in [0.1, 0.15) is 11.6 Å². The maximum absolute atomic E-state index is 12.8. The molecule has 0 radical (unpaired) electrons. The topological polar surface area (TPSA) is 98.8 Å². The average Bonchev–Trinajstić information content (AvgIpc) is 2.60. The molecule has 0 heterocycles. The van der Waals surface area contributed by atoms with Crippen molar-refractivity contribution < 1.29 is 26.3 Å². The van der Waals surface area contributed by atoms with Crippen LogP contribution < -0.4 is 14.2 Å². The Morgan fingerprint density at radius 3 is 2.08 bits per heavy atom. The lowest BCUT2D eigenvalue weighted by atomic mass is 10.1. The molecule has 7 nitrogen and oxygen atoms in total. The minimum atomic E-state index is -3.99. The maximum atomic E-state index is 12.8. The molecule has 2 rings (SSSR count). The minimum Gasteiger partial charge on any atom is -0.493 e. The molecule has 1 N–H and O–H groups in total. The zero-order chi connectivity index (χ0) is 19.4. The Hall–Kier alpha value is -2.10. The second kappa shape index (κ2) is 8.07. The molecule has 0 aliphatic rings. The van der Waals surface area contributed by atoms with Gasteiger partial charge in [-0.3, -0.25) is 0 Å². The normalized spacial score (nSPS) is 13.2. The van der Waals surface area contributed by atoms with Crippen LogP contribution >= 0.6 is 0 Å². The summed E-state index contributed by atoms with van der Waals surface area (Å²) >= 11 is 0. The first-order chi connectivity index (χ1) is 12.2. The number of hydrogen-bond donors (Lipinski definition) is 1. The fourth-order valence-electron chi connectivity index (χ4n) is 2.43. The van der Waals surface area contributed by atoms with Crippen LogP contribution in [0.5, 0.6) is 11.5 Å². The van der Waals surface area contributed by atoms with E-state index in [0.717, 1.165) is 6.26 Å². The molecule has 0 bridgehead atoms. The van der Waals surface area contributed by atoms with Gasteiger partial charge in [0.2, 0.25) is 10.0 Å². The molecule has 0 fully saturated rings. The molecule has 26 heavy (non-hydrogen) atoms. The highest BCUT2D eigenvalue weighted by molar-refractivity contribution is 7.91. The molecule has 0 amide bonds. The second-order valence-electron chi connectivity index (χ2n) is 5.69. The Morgan fingerprint density at radius 1 is 0.923 bits per heavy atom. The van der Waals surface area contributed by atoms with Crippen LogP contribution in [0.3, 0.4) is 0 Å². The van der Waals surface area contributed by atoms with Crippen molar-refractivity contribution in [2.24, 2.45) is 0 Å². The van der Waals surface area contributed by atoms with Gasteiger partial charge in [0.1, 0.15) is 9.84 Å². The number of methoxy groups -OCH3 is 2. The van der Waals surface area contributed by atoms with Crippen molar-refractivity contribution >= 4 is 19.9 Å². The van der Waals surface area contributed by atoms with Gasteiger partial charge >= 0.3 is 0 Å². The van der Waals surface area contributed by atoms with Crippen LogP contribution in [0, 0.1) is 0 Å². The summed E-state index contributed by atoms with van der Waals surface area (Å²) in [6.45, 7) is 0. The molecule has 2 aromatic carbocycles. The molecule has 0 saturated heterocycles. The van der Waals surface area contributed by atoms with Gasteiger partial charge in [-0.25, -0.2) is 21.6 Å². The summed E-state index contributed by atoms with van der Waals surface area (Å²) in [5.74, 6) is 0.292. The molecule has 0 aromatic heterocycles. The second-order valence-corrected chi connectivity index (χ2v) is 9.59. The van der Waals surface area contributed by atoms with E-state index in [1.54, 1.807) is 30.3 Å². The fourth-order valence-corrected chi connectivity index (χ4v) is 4.65. The lowest BCUT2D eigenvalue weighted by Gasteiger charge is -2.19. The standard InChI is InChI=1S/C17H21NO6S2/c1-23-16-10-9-14(11-17(16)24-2)26(21,22)18-15(12-25(3,19)20)13-7-5-4-6-8-13/h4-11,15,18H,12H2,1-3H3/t15-/m1/s1. The molecular formula is C17H21NO6S2. The summed E-state index contributed by atoms with van der Waals surface area (Å²) in [6, 6.07) is 11.8. The van der Waals surface area contributed by atoms with Crippen molar-refractivity contribution in [2.75, 3.05) is 26.2 Å². The van der Waals surface area contributed by atoms with Crippen LogP contribution in [-0.2, 0) is 19.9 Å². The molecule has 0 aliphatic carbocycles. The highest BCUT2D eigenvalue weighted by Crippen LogP contribution is 2.30. The van der Waals surface area contributed by atoms with Crippen molar-refractivity contribution in [1.29, 1.82) is 0 Å². The number of rotatable bonds is 8. The lowest BCUT2D eigenvalue weighted by molar-refractivity contribution is 0.354. The van der Waals surface area contributed by atoms with Crippen molar-refractivity contribution in [2.45, 2.75) is 10.9 Å². The number of sulfonamides is 1. The molecule has 0 unspecified atom stereocenters. The molecule has 2 aromatic rings.